The molecule has 1 aliphatic rings. The topological polar surface area (TPSA) is 125 Å². The number of phenolic OH excluding ortho intramolecular Hbond substituents is 1. The minimum Gasteiger partial charge on any atom is -0.506 e. The molecule has 1 fully saturated rings. The van der Waals surface area contributed by atoms with E-state index >= 15 is 0 Å². The summed E-state index contributed by atoms with van der Waals surface area (Å²) in [5, 5.41) is 12.4. The van der Waals surface area contributed by atoms with Crippen LogP contribution in [0.3, 0.4) is 0 Å². The van der Waals surface area contributed by atoms with E-state index in [4.69, 9.17) is 4.74 Å². The number of hydrogen-bond acceptors (Lipinski definition) is 7. The number of nitrogens with one attached hydrogen (secondary N) is 2. The highest BCUT2D eigenvalue weighted by Gasteiger charge is 2.22. The van der Waals surface area contributed by atoms with E-state index < -0.39 is 15.9 Å². The third kappa shape index (κ3) is 5.36. The van der Waals surface area contributed by atoms with Gasteiger partial charge in [0.2, 0.25) is 5.91 Å². The lowest BCUT2D eigenvalue weighted by molar-refractivity contribution is -0.116. The van der Waals surface area contributed by atoms with E-state index in [9.17, 15) is 23.1 Å². The van der Waals surface area contributed by atoms with Crippen LogP contribution in [0, 0.1) is 0 Å². The Balaban J connectivity index is 1.68. The zero-order chi connectivity index (χ0) is 21.7. The Morgan fingerprint density at radius 3 is 2.60 bits per heavy atom. The molecule has 0 atom stereocenters. The molecule has 0 aliphatic carbocycles. The van der Waals surface area contributed by atoms with Gasteiger partial charge in [0.1, 0.15) is 11.5 Å². The van der Waals surface area contributed by atoms with Gasteiger partial charge in [-0.3, -0.25) is 14.3 Å². The van der Waals surface area contributed by atoms with Gasteiger partial charge < -0.3 is 20.1 Å². The molecule has 2 aromatic carbocycles. The minimum absolute atomic E-state index is 0.0280. The van der Waals surface area contributed by atoms with Crippen LogP contribution in [0.4, 0.5) is 16.2 Å². The normalized spacial score (nSPS) is 13.9. The van der Waals surface area contributed by atoms with Crippen LogP contribution in [0.5, 0.6) is 11.5 Å². The van der Waals surface area contributed by atoms with E-state index in [1.54, 1.807) is 29.2 Å². The molecule has 0 radical (unpaired) electrons. The number of hydrogen-bond donors (Lipinski definition) is 3. The van der Waals surface area contributed by atoms with Crippen LogP contribution in [0.1, 0.15) is 6.42 Å². The number of anilines is 2. The van der Waals surface area contributed by atoms with Crippen molar-refractivity contribution in [2.24, 2.45) is 0 Å². The number of methoxy groups -OCH3 is 1. The zero-order valence-corrected chi connectivity index (χ0v) is 17.8. The van der Waals surface area contributed by atoms with Gasteiger partial charge in [0.05, 0.1) is 17.7 Å². The van der Waals surface area contributed by atoms with Gasteiger partial charge in [-0.05, 0) is 42.5 Å². The van der Waals surface area contributed by atoms with Gasteiger partial charge in [0, 0.05) is 31.0 Å². The molecule has 0 unspecified atom stereocenters. The van der Waals surface area contributed by atoms with Gasteiger partial charge in [0.15, 0.2) is 0 Å². The van der Waals surface area contributed by atoms with Crippen LogP contribution >= 0.6 is 11.8 Å². The van der Waals surface area contributed by atoms with E-state index in [-0.39, 0.29) is 34.5 Å². The van der Waals surface area contributed by atoms with Crippen molar-refractivity contribution in [2.45, 2.75) is 11.3 Å². The molecule has 3 rings (SSSR count). The van der Waals surface area contributed by atoms with Gasteiger partial charge in [-0.15, -0.1) is 0 Å². The molecule has 9 nitrogen and oxygen atoms in total. The minimum atomic E-state index is -3.95. The van der Waals surface area contributed by atoms with Crippen molar-refractivity contribution in [3.8, 4) is 11.5 Å². The first kappa shape index (κ1) is 21.8. The summed E-state index contributed by atoms with van der Waals surface area (Å²) in [7, 11) is -2.44. The second-order valence-corrected chi connectivity index (χ2v) is 9.14. The molecule has 1 heterocycles. The Hall–Kier alpha value is -2.92. The highest BCUT2D eigenvalue weighted by atomic mass is 32.2. The van der Waals surface area contributed by atoms with Gasteiger partial charge >= 0.3 is 0 Å². The second-order valence-electron chi connectivity index (χ2n) is 6.41. The number of rotatable bonds is 8. The molecule has 1 aliphatic heterocycles. The molecule has 30 heavy (non-hydrogen) atoms. The van der Waals surface area contributed by atoms with Gasteiger partial charge in [-0.1, -0.05) is 11.8 Å². The van der Waals surface area contributed by atoms with Crippen molar-refractivity contribution in [1.29, 1.82) is 0 Å². The third-order valence-corrected chi connectivity index (χ3v) is 6.62. The number of benzene rings is 2. The van der Waals surface area contributed by atoms with Gasteiger partial charge in [0.25, 0.3) is 15.3 Å². The second kappa shape index (κ2) is 9.26. The van der Waals surface area contributed by atoms with Gasteiger partial charge in [-0.2, -0.15) is 0 Å². The summed E-state index contributed by atoms with van der Waals surface area (Å²) in [5.74, 6) is 0.580. The van der Waals surface area contributed by atoms with E-state index in [2.05, 4.69) is 10.0 Å². The summed E-state index contributed by atoms with van der Waals surface area (Å²) in [5.41, 5.74) is 0.308. The molecule has 0 spiro atoms. The van der Waals surface area contributed by atoms with Crippen molar-refractivity contribution >= 4 is 44.3 Å². The quantitative estimate of drug-likeness (QED) is 0.527. The summed E-state index contributed by atoms with van der Waals surface area (Å²) < 4.78 is 32.8. The fourth-order valence-electron chi connectivity index (χ4n) is 2.73. The van der Waals surface area contributed by atoms with Crippen molar-refractivity contribution in [1.82, 2.24) is 4.90 Å². The molecule has 0 saturated carbocycles. The van der Waals surface area contributed by atoms with Crippen LogP contribution in [0.25, 0.3) is 0 Å². The Labute approximate surface area is 178 Å². The average molecular weight is 452 g/mol. The molecule has 0 bridgehead atoms. The molecule has 1 saturated heterocycles. The summed E-state index contributed by atoms with van der Waals surface area (Å²) in [4.78, 5) is 25.2. The number of phenols is 1. The fraction of sp³-hybridized carbons (Fsp3) is 0.263. The Morgan fingerprint density at radius 1 is 1.23 bits per heavy atom. The molecule has 0 aromatic heterocycles. The van der Waals surface area contributed by atoms with E-state index in [1.807, 2.05) is 0 Å². The molecule has 3 N–H and O–H groups in total. The number of ether oxygens (including phenoxy) is 1. The SMILES string of the molecule is COc1ccc(NS(=O)(=O)c2ccc(O)c(NC(=O)CCN3CCSC3=O)c2)cc1. The number of nitrogens with zero attached hydrogens (tertiary/aromatic N) is 1. The van der Waals surface area contributed by atoms with Crippen molar-refractivity contribution < 1.29 is 27.9 Å². The monoisotopic (exact) mass is 451 g/mol. The molecule has 2 aromatic rings. The molecule has 2 amide bonds. The maximum atomic E-state index is 12.7. The summed E-state index contributed by atoms with van der Waals surface area (Å²) in [6.45, 7) is 0.849. The smallest absolute Gasteiger partial charge is 0.281 e. The Kier molecular flexibility index (Phi) is 6.73. The summed E-state index contributed by atoms with van der Waals surface area (Å²) >= 11 is 1.21. The molecular weight excluding hydrogens is 430 g/mol. The Bertz CT molecular complexity index is 1040. The first-order valence-electron chi connectivity index (χ1n) is 9.00. The van der Waals surface area contributed by atoms with Crippen LogP contribution in [-0.4, -0.2) is 55.5 Å². The lowest BCUT2D eigenvalue weighted by atomic mass is 10.2. The lowest BCUT2D eigenvalue weighted by Gasteiger charge is -2.15. The Morgan fingerprint density at radius 2 is 1.97 bits per heavy atom. The first-order chi connectivity index (χ1) is 14.3. The van der Waals surface area contributed by atoms with Crippen LogP contribution < -0.4 is 14.8 Å². The molecular formula is C19H21N3O6S2. The molecule has 160 valence electrons. The number of sulfonamides is 1. The van der Waals surface area contributed by atoms with Crippen LogP contribution in [-0.2, 0) is 14.8 Å². The number of aromatic hydroxyl groups is 1. The summed E-state index contributed by atoms with van der Waals surface area (Å²) in [6.07, 6.45) is 0.0345. The molecule has 11 heteroatoms. The highest BCUT2D eigenvalue weighted by molar-refractivity contribution is 8.13. The van der Waals surface area contributed by atoms with Gasteiger partial charge in [-0.25, -0.2) is 8.42 Å². The van der Waals surface area contributed by atoms with E-state index in [0.717, 1.165) is 0 Å². The van der Waals surface area contributed by atoms with Crippen molar-refractivity contribution in [2.75, 3.05) is 36.0 Å². The number of amides is 2. The number of thioether (sulfide) groups is 1. The van der Waals surface area contributed by atoms with Crippen molar-refractivity contribution in [3.63, 3.8) is 0 Å². The van der Waals surface area contributed by atoms with Crippen LogP contribution in [0.15, 0.2) is 47.4 Å². The predicted molar refractivity (Wildman–Crippen MR) is 115 cm³/mol. The number of carbonyl (C=O) groups is 2. The van der Waals surface area contributed by atoms with Crippen molar-refractivity contribution in [3.05, 3.63) is 42.5 Å². The highest BCUT2D eigenvalue weighted by Crippen LogP contribution is 2.28. The zero-order valence-electron chi connectivity index (χ0n) is 16.1. The lowest BCUT2D eigenvalue weighted by Crippen LogP contribution is -2.27. The maximum absolute atomic E-state index is 12.7. The summed E-state index contributed by atoms with van der Waals surface area (Å²) in [6, 6.07) is 9.94. The maximum Gasteiger partial charge on any atom is 0.281 e. The third-order valence-electron chi connectivity index (χ3n) is 4.35. The number of carbonyl (C=O) groups excluding carboxylic acids is 2. The van der Waals surface area contributed by atoms with E-state index in [0.29, 0.717) is 23.7 Å². The van der Waals surface area contributed by atoms with Crippen LogP contribution in [0.2, 0.25) is 0 Å². The first-order valence-corrected chi connectivity index (χ1v) is 11.5. The largest absolute Gasteiger partial charge is 0.506 e. The van der Waals surface area contributed by atoms with E-state index in [1.165, 1.54) is 37.1 Å². The standard InChI is InChI=1S/C19H21N3O6S2/c1-28-14-4-2-13(3-5-14)21-30(26,27)15-6-7-17(23)16(12-15)20-18(24)8-9-22-10-11-29-19(22)25/h2-7,12,21,23H,8-11H2,1H3,(H,20,24). The average Bonchev–Trinajstić information content (AvgIpc) is 3.13. The predicted octanol–water partition coefficient (Wildman–Crippen LogP) is 2.70. The fourth-order valence-corrected chi connectivity index (χ4v) is 4.67.